The van der Waals surface area contributed by atoms with Gasteiger partial charge in [0.15, 0.2) is 0 Å². The van der Waals surface area contributed by atoms with E-state index in [0.29, 0.717) is 5.39 Å². The van der Waals surface area contributed by atoms with Gasteiger partial charge in [-0.05, 0) is 37.1 Å². The van der Waals surface area contributed by atoms with Crippen molar-refractivity contribution in [3.8, 4) is 11.1 Å². The second-order valence-electron chi connectivity index (χ2n) is 6.38. The van der Waals surface area contributed by atoms with Crippen molar-refractivity contribution in [2.75, 3.05) is 0 Å². The number of nitrogens with one attached hydrogen (secondary N) is 1. The zero-order chi connectivity index (χ0) is 17.6. The summed E-state index contributed by atoms with van der Waals surface area (Å²) < 4.78 is 1.41. The molecule has 3 aromatic rings. The lowest BCUT2D eigenvalue weighted by Crippen LogP contribution is -2.17. The molecular weight excluding hydrogens is 308 g/mol. The molecule has 0 bridgehead atoms. The summed E-state index contributed by atoms with van der Waals surface area (Å²) in [6.45, 7) is 3.39. The Kier molecular flexibility index (Phi) is 3.57. The number of carboxylic acid groups (broad SMARTS) is 1. The second-order valence-corrected chi connectivity index (χ2v) is 6.38. The van der Waals surface area contributed by atoms with Crippen LogP contribution in [0.5, 0.6) is 0 Å². The molecule has 3 rings (SSSR count). The topological polar surface area (TPSA) is 95.3 Å². The van der Waals surface area contributed by atoms with Gasteiger partial charge < -0.3 is 19.8 Å². The molecule has 124 valence electrons. The highest BCUT2D eigenvalue weighted by atomic mass is 16.4. The van der Waals surface area contributed by atoms with Crippen LogP contribution in [-0.4, -0.2) is 25.7 Å². The molecule has 6 heteroatoms. The van der Waals surface area contributed by atoms with Crippen LogP contribution >= 0.6 is 0 Å². The number of H-pyrrole nitrogens is 1. The van der Waals surface area contributed by atoms with Gasteiger partial charge in [0.2, 0.25) is 0 Å². The number of nitrogens with zero attached hydrogens (tertiary/aromatic N) is 1. The van der Waals surface area contributed by atoms with Crippen LogP contribution < -0.4 is 5.56 Å². The average Bonchev–Trinajstić information content (AvgIpc) is 2.96. The number of hydrogen-bond donors (Lipinski definition) is 3. The van der Waals surface area contributed by atoms with Gasteiger partial charge in [0.05, 0.1) is 5.60 Å². The van der Waals surface area contributed by atoms with Gasteiger partial charge in [-0.25, -0.2) is 4.79 Å². The number of aromatic amines is 1. The molecule has 0 radical (unpaired) electrons. The van der Waals surface area contributed by atoms with Crippen molar-refractivity contribution in [1.29, 1.82) is 0 Å². The molecule has 0 aliphatic carbocycles. The van der Waals surface area contributed by atoms with Crippen LogP contribution in [0.4, 0.5) is 0 Å². The zero-order valence-electron chi connectivity index (χ0n) is 13.6. The monoisotopic (exact) mass is 326 g/mol. The maximum absolute atomic E-state index is 12.3. The molecule has 0 spiro atoms. The predicted molar refractivity (Wildman–Crippen MR) is 91.2 cm³/mol. The third-order valence-electron chi connectivity index (χ3n) is 4.08. The fraction of sp³-hybridized carbons (Fsp3) is 0.222. The zero-order valence-corrected chi connectivity index (χ0v) is 13.6. The highest BCUT2D eigenvalue weighted by Gasteiger charge is 2.19. The smallest absolute Gasteiger partial charge is 0.352 e. The van der Waals surface area contributed by atoms with Gasteiger partial charge in [0, 0.05) is 24.2 Å². The van der Waals surface area contributed by atoms with Crippen LogP contribution in [-0.2, 0) is 12.6 Å². The summed E-state index contributed by atoms with van der Waals surface area (Å²) >= 11 is 0. The first-order valence-electron chi connectivity index (χ1n) is 7.47. The molecule has 24 heavy (non-hydrogen) atoms. The molecule has 0 unspecified atom stereocenters. The van der Waals surface area contributed by atoms with Gasteiger partial charge in [-0.15, -0.1) is 0 Å². The molecule has 2 heterocycles. The van der Waals surface area contributed by atoms with Crippen molar-refractivity contribution < 1.29 is 15.0 Å². The van der Waals surface area contributed by atoms with Crippen molar-refractivity contribution >= 4 is 16.9 Å². The fourth-order valence-corrected chi connectivity index (χ4v) is 2.75. The highest BCUT2D eigenvalue weighted by Crippen LogP contribution is 2.30. The highest BCUT2D eigenvalue weighted by molar-refractivity contribution is 6.00. The third kappa shape index (κ3) is 2.61. The van der Waals surface area contributed by atoms with Crippen molar-refractivity contribution in [2.45, 2.75) is 19.4 Å². The molecule has 1 aromatic carbocycles. The summed E-state index contributed by atoms with van der Waals surface area (Å²) in [5, 5.41) is 19.9. The van der Waals surface area contributed by atoms with E-state index in [1.54, 1.807) is 27.1 Å². The maximum Gasteiger partial charge on any atom is 0.352 e. The van der Waals surface area contributed by atoms with Gasteiger partial charge in [-0.2, -0.15) is 0 Å². The number of rotatable bonds is 3. The summed E-state index contributed by atoms with van der Waals surface area (Å²) in [7, 11) is 1.62. The molecule has 0 atom stereocenters. The van der Waals surface area contributed by atoms with Gasteiger partial charge >= 0.3 is 5.97 Å². The fourth-order valence-electron chi connectivity index (χ4n) is 2.75. The van der Waals surface area contributed by atoms with Gasteiger partial charge in [0.25, 0.3) is 5.56 Å². The van der Waals surface area contributed by atoms with Crippen LogP contribution in [0, 0.1) is 0 Å². The minimum Gasteiger partial charge on any atom is -0.477 e. The number of hydrogen-bond acceptors (Lipinski definition) is 3. The second kappa shape index (κ2) is 5.35. The van der Waals surface area contributed by atoms with E-state index in [4.69, 9.17) is 0 Å². The van der Waals surface area contributed by atoms with E-state index in [0.717, 1.165) is 16.7 Å². The Morgan fingerprint density at radius 1 is 1.25 bits per heavy atom. The summed E-state index contributed by atoms with van der Waals surface area (Å²) in [4.78, 5) is 26.2. The molecule has 0 aliphatic heterocycles. The number of benzene rings is 1. The number of aromatic nitrogens is 2. The molecule has 0 amide bonds. The third-order valence-corrected chi connectivity index (χ3v) is 4.08. The lowest BCUT2D eigenvalue weighted by Gasteiger charge is -2.19. The molecule has 3 N–H and O–H groups in total. The Labute approximate surface area is 138 Å². The number of pyridine rings is 1. The molecule has 0 aliphatic rings. The van der Waals surface area contributed by atoms with Crippen molar-refractivity contribution in [3.05, 3.63) is 58.1 Å². The van der Waals surface area contributed by atoms with E-state index in [2.05, 4.69) is 4.98 Å². The lowest BCUT2D eigenvalue weighted by atomic mass is 9.94. The quantitative estimate of drug-likeness (QED) is 0.689. The first kappa shape index (κ1) is 16.0. The number of fused-ring (bicyclic) bond motifs is 1. The maximum atomic E-state index is 12.3. The number of aryl methyl sites for hydroxylation is 1. The summed E-state index contributed by atoms with van der Waals surface area (Å²) in [5.74, 6) is -1.12. The Morgan fingerprint density at radius 3 is 2.58 bits per heavy atom. The Balaban J connectivity index is 2.32. The molecule has 0 fully saturated rings. The van der Waals surface area contributed by atoms with Gasteiger partial charge in [-0.1, -0.05) is 18.2 Å². The van der Waals surface area contributed by atoms with Gasteiger partial charge in [0.1, 0.15) is 11.2 Å². The molecule has 6 nitrogen and oxygen atoms in total. The van der Waals surface area contributed by atoms with Crippen molar-refractivity contribution in [1.82, 2.24) is 9.55 Å². The van der Waals surface area contributed by atoms with E-state index < -0.39 is 11.6 Å². The number of carboxylic acids is 1. The van der Waals surface area contributed by atoms with E-state index in [-0.39, 0.29) is 16.8 Å². The van der Waals surface area contributed by atoms with E-state index in [1.165, 1.54) is 10.6 Å². The number of aliphatic hydroxyl groups is 1. The summed E-state index contributed by atoms with van der Waals surface area (Å²) in [6, 6.07) is 8.81. The Morgan fingerprint density at radius 2 is 1.96 bits per heavy atom. The van der Waals surface area contributed by atoms with Crippen LogP contribution in [0.3, 0.4) is 0 Å². The SMILES string of the molecule is Cn1cc(-c2cccc(C(C)(C)O)c2)c2cc(C(=O)O)[nH]c2c1=O. The Hall–Kier alpha value is -2.86. The number of aromatic carboxylic acids is 1. The number of carbonyl (C=O) groups is 1. The van der Waals surface area contributed by atoms with Crippen LogP contribution in [0.15, 0.2) is 41.3 Å². The average molecular weight is 326 g/mol. The summed E-state index contributed by atoms with van der Waals surface area (Å²) in [5.41, 5.74) is 1.18. The van der Waals surface area contributed by atoms with Crippen LogP contribution in [0.1, 0.15) is 29.9 Å². The lowest BCUT2D eigenvalue weighted by molar-refractivity contribution is 0.0691. The van der Waals surface area contributed by atoms with Gasteiger partial charge in [-0.3, -0.25) is 4.79 Å². The predicted octanol–water partition coefficient (Wildman–Crippen LogP) is 2.46. The van der Waals surface area contributed by atoms with E-state index >= 15 is 0 Å². The van der Waals surface area contributed by atoms with Crippen LogP contribution in [0.2, 0.25) is 0 Å². The first-order valence-corrected chi connectivity index (χ1v) is 7.47. The largest absolute Gasteiger partial charge is 0.477 e. The molecule has 0 saturated carbocycles. The summed E-state index contributed by atoms with van der Waals surface area (Å²) in [6.07, 6.45) is 1.67. The van der Waals surface area contributed by atoms with Crippen LogP contribution in [0.25, 0.3) is 22.0 Å². The van der Waals surface area contributed by atoms with Crippen molar-refractivity contribution in [3.63, 3.8) is 0 Å². The van der Waals surface area contributed by atoms with Crippen molar-refractivity contribution in [2.24, 2.45) is 7.05 Å². The molecular formula is C18H18N2O4. The standard InChI is InChI=1S/C18H18N2O4/c1-18(2,24)11-6-4-5-10(7-11)13-9-20(3)16(21)15-12(13)8-14(19-15)17(22)23/h4-9,19,24H,1-3H3,(H,22,23). The van der Waals surface area contributed by atoms with E-state index in [9.17, 15) is 19.8 Å². The first-order chi connectivity index (χ1) is 11.2. The minimum atomic E-state index is -1.12. The molecule has 0 saturated heterocycles. The normalized spacial score (nSPS) is 11.8. The van der Waals surface area contributed by atoms with E-state index in [1.807, 2.05) is 24.3 Å². The minimum absolute atomic E-state index is 0.0341. The Bertz CT molecular complexity index is 1010. The molecule has 2 aromatic heterocycles.